The minimum absolute atomic E-state index is 0. The van der Waals surface area contributed by atoms with Crippen molar-refractivity contribution in [2.45, 2.75) is 36.7 Å². The van der Waals surface area contributed by atoms with Gasteiger partial charge in [-0.3, -0.25) is 4.90 Å². The van der Waals surface area contributed by atoms with Crippen LogP contribution in [0.5, 0.6) is 0 Å². The average molecular weight is 428 g/mol. The van der Waals surface area contributed by atoms with Crippen molar-refractivity contribution in [3.63, 3.8) is 0 Å². The fraction of sp³-hybridized carbons (Fsp3) is 0.556. The van der Waals surface area contributed by atoms with Crippen LogP contribution < -0.4 is 5.32 Å². The van der Waals surface area contributed by atoms with Crippen molar-refractivity contribution in [3.05, 3.63) is 41.5 Å². The first-order valence-corrected chi connectivity index (χ1v) is 10.7. The van der Waals surface area contributed by atoms with Crippen LogP contribution in [0.4, 0.5) is 0 Å². The summed E-state index contributed by atoms with van der Waals surface area (Å²) < 4.78 is 33.2. The summed E-state index contributed by atoms with van der Waals surface area (Å²) >= 11 is 0. The Morgan fingerprint density at radius 3 is 2.64 bits per heavy atom. The Labute approximate surface area is 171 Å². The summed E-state index contributed by atoms with van der Waals surface area (Å²) in [6.07, 6.45) is 1.46. The number of nitrogens with zero attached hydrogens (tertiary/aromatic N) is 4. The number of sulfonamides is 1. The molecule has 2 unspecified atom stereocenters. The molecule has 154 valence electrons. The molecule has 2 aliphatic heterocycles. The Hall–Kier alpha value is -1.52. The van der Waals surface area contributed by atoms with Gasteiger partial charge in [0, 0.05) is 26.2 Å². The summed E-state index contributed by atoms with van der Waals surface area (Å²) in [6.45, 7) is 5.00. The van der Waals surface area contributed by atoms with Gasteiger partial charge in [-0.1, -0.05) is 22.9 Å². The van der Waals surface area contributed by atoms with Crippen LogP contribution in [0.2, 0.25) is 0 Å². The van der Waals surface area contributed by atoms with Crippen molar-refractivity contribution >= 4 is 22.4 Å². The van der Waals surface area contributed by atoms with Gasteiger partial charge in [-0.15, -0.1) is 12.4 Å². The lowest BCUT2D eigenvalue weighted by molar-refractivity contribution is 0.190. The molecule has 10 heteroatoms. The number of halogens is 1. The van der Waals surface area contributed by atoms with Crippen LogP contribution in [0, 0.1) is 6.92 Å². The molecule has 2 aromatic rings. The third-order valence-corrected chi connectivity index (χ3v) is 7.31. The molecule has 2 saturated heterocycles. The molecule has 0 amide bonds. The molecular formula is C18H26ClN5O3S. The van der Waals surface area contributed by atoms with Crippen molar-refractivity contribution in [1.82, 2.24) is 24.7 Å². The smallest absolute Gasteiger partial charge is 0.245 e. The van der Waals surface area contributed by atoms with Crippen molar-refractivity contribution in [2.24, 2.45) is 0 Å². The second-order valence-corrected chi connectivity index (χ2v) is 9.17. The van der Waals surface area contributed by atoms with Gasteiger partial charge in [0.05, 0.1) is 10.9 Å². The molecule has 0 radical (unpaired) electrons. The maximum Gasteiger partial charge on any atom is 0.245 e. The molecule has 0 aliphatic carbocycles. The number of hydrogen-bond acceptors (Lipinski definition) is 7. The van der Waals surface area contributed by atoms with Crippen LogP contribution in [0.15, 0.2) is 33.7 Å². The molecule has 1 N–H and O–H groups in total. The average Bonchev–Trinajstić information content (AvgIpc) is 3.32. The summed E-state index contributed by atoms with van der Waals surface area (Å²) in [5.41, 5.74) is 1.03. The van der Waals surface area contributed by atoms with Gasteiger partial charge in [0.15, 0.2) is 5.82 Å². The molecule has 4 rings (SSSR count). The van der Waals surface area contributed by atoms with Crippen molar-refractivity contribution in [3.8, 4) is 0 Å². The van der Waals surface area contributed by atoms with E-state index in [4.69, 9.17) is 4.52 Å². The second-order valence-electron chi connectivity index (χ2n) is 7.28. The first-order valence-electron chi connectivity index (χ1n) is 9.30. The number of rotatable bonds is 4. The first kappa shape index (κ1) is 21.2. The number of aryl methyl sites for hydroxylation is 1. The molecular weight excluding hydrogens is 402 g/mol. The van der Waals surface area contributed by atoms with Gasteiger partial charge in [-0.2, -0.15) is 9.29 Å². The molecule has 3 heterocycles. The number of benzene rings is 1. The second kappa shape index (κ2) is 8.46. The van der Waals surface area contributed by atoms with Gasteiger partial charge >= 0.3 is 0 Å². The van der Waals surface area contributed by atoms with Crippen LogP contribution in [0.25, 0.3) is 0 Å². The van der Waals surface area contributed by atoms with Crippen LogP contribution in [-0.4, -0.2) is 61.0 Å². The summed E-state index contributed by atoms with van der Waals surface area (Å²) in [6, 6.07) is 6.58. The van der Waals surface area contributed by atoms with Crippen LogP contribution in [-0.2, 0) is 10.0 Å². The number of aromatic nitrogens is 2. The highest BCUT2D eigenvalue weighted by Gasteiger charge is 2.40. The van der Waals surface area contributed by atoms with E-state index in [9.17, 15) is 8.42 Å². The zero-order chi connectivity index (χ0) is 19.0. The van der Waals surface area contributed by atoms with E-state index in [-0.39, 0.29) is 18.4 Å². The van der Waals surface area contributed by atoms with Crippen LogP contribution in [0.3, 0.4) is 0 Å². The van der Waals surface area contributed by atoms with Gasteiger partial charge in [0.1, 0.15) is 6.04 Å². The van der Waals surface area contributed by atoms with E-state index < -0.39 is 16.1 Å². The van der Waals surface area contributed by atoms with Crippen molar-refractivity contribution in [1.29, 1.82) is 0 Å². The van der Waals surface area contributed by atoms with E-state index in [0.717, 1.165) is 31.6 Å². The lowest BCUT2D eigenvalue weighted by Crippen LogP contribution is -2.44. The molecule has 2 atom stereocenters. The normalized spacial score (nSPS) is 24.2. The predicted octanol–water partition coefficient (Wildman–Crippen LogP) is 1.90. The number of likely N-dealkylation sites (N-methyl/N-ethyl adjacent to an activating group) is 1. The van der Waals surface area contributed by atoms with E-state index in [2.05, 4.69) is 20.4 Å². The third kappa shape index (κ3) is 3.95. The summed E-state index contributed by atoms with van der Waals surface area (Å²) in [7, 11) is -1.56. The molecule has 8 nitrogen and oxygen atoms in total. The topological polar surface area (TPSA) is 91.6 Å². The molecule has 1 aromatic heterocycles. The Morgan fingerprint density at radius 1 is 1.18 bits per heavy atom. The standard InChI is InChI=1S/C18H25N5O3S.ClH/c1-13-5-7-14(8-6-13)27(24,25)23-10-3-4-15(23)18-20-17(21-26-18)16-12-19-9-11-22(16)2;/h5-8,15-16,19H,3-4,9-12H2,1-2H3;1H. The van der Waals surface area contributed by atoms with E-state index in [1.807, 2.05) is 26.1 Å². The highest BCUT2D eigenvalue weighted by Crippen LogP contribution is 2.36. The fourth-order valence-electron chi connectivity index (χ4n) is 3.73. The SMILES string of the molecule is Cc1ccc(S(=O)(=O)N2CCCC2c2nc(C3CNCCN3C)no2)cc1.Cl. The Morgan fingerprint density at radius 2 is 1.93 bits per heavy atom. The number of piperazine rings is 1. The van der Waals surface area contributed by atoms with Gasteiger partial charge in [-0.25, -0.2) is 8.42 Å². The van der Waals surface area contributed by atoms with Gasteiger partial charge in [0.2, 0.25) is 15.9 Å². The minimum atomic E-state index is -3.60. The van der Waals surface area contributed by atoms with E-state index in [1.165, 1.54) is 4.31 Å². The number of hydrogen-bond donors (Lipinski definition) is 1. The molecule has 0 saturated carbocycles. The minimum Gasteiger partial charge on any atom is -0.337 e. The van der Waals surface area contributed by atoms with Crippen molar-refractivity contribution < 1.29 is 12.9 Å². The van der Waals surface area contributed by atoms with Crippen LogP contribution in [0.1, 0.15) is 42.2 Å². The fourth-order valence-corrected chi connectivity index (χ4v) is 5.38. The predicted molar refractivity (Wildman–Crippen MR) is 107 cm³/mol. The summed E-state index contributed by atoms with van der Waals surface area (Å²) in [5.74, 6) is 0.997. The maximum atomic E-state index is 13.1. The largest absolute Gasteiger partial charge is 0.337 e. The zero-order valence-corrected chi connectivity index (χ0v) is 17.7. The lowest BCUT2D eigenvalue weighted by Gasteiger charge is -2.30. The van der Waals surface area contributed by atoms with E-state index >= 15 is 0 Å². The molecule has 2 aliphatic rings. The lowest BCUT2D eigenvalue weighted by atomic mass is 10.2. The van der Waals surface area contributed by atoms with E-state index in [0.29, 0.717) is 29.6 Å². The van der Waals surface area contributed by atoms with Crippen LogP contribution >= 0.6 is 12.4 Å². The zero-order valence-electron chi connectivity index (χ0n) is 16.0. The molecule has 28 heavy (non-hydrogen) atoms. The highest BCUT2D eigenvalue weighted by molar-refractivity contribution is 7.89. The van der Waals surface area contributed by atoms with Gasteiger partial charge in [-0.05, 0) is 38.9 Å². The molecule has 0 spiro atoms. The number of nitrogens with one attached hydrogen (secondary N) is 1. The van der Waals surface area contributed by atoms with Gasteiger partial charge < -0.3 is 9.84 Å². The first-order chi connectivity index (χ1) is 13.0. The van der Waals surface area contributed by atoms with Crippen molar-refractivity contribution in [2.75, 3.05) is 33.2 Å². The Kier molecular flexibility index (Phi) is 6.41. The maximum absolute atomic E-state index is 13.1. The molecule has 0 bridgehead atoms. The quantitative estimate of drug-likeness (QED) is 0.796. The Balaban J connectivity index is 0.00000225. The highest BCUT2D eigenvalue weighted by atomic mass is 35.5. The molecule has 2 fully saturated rings. The Bertz CT molecular complexity index is 902. The van der Waals surface area contributed by atoms with E-state index in [1.54, 1.807) is 12.1 Å². The van der Waals surface area contributed by atoms with Gasteiger partial charge in [0.25, 0.3) is 0 Å². The molecule has 1 aromatic carbocycles. The monoisotopic (exact) mass is 427 g/mol. The third-order valence-electron chi connectivity index (χ3n) is 5.38. The summed E-state index contributed by atoms with van der Waals surface area (Å²) in [4.78, 5) is 7.06. The summed E-state index contributed by atoms with van der Waals surface area (Å²) in [5, 5.41) is 7.48.